The fourth-order valence-corrected chi connectivity index (χ4v) is 2.50. The molecule has 1 N–H and O–H groups in total. The maximum absolute atomic E-state index is 11.6. The van der Waals surface area contributed by atoms with Gasteiger partial charge in [0.05, 0.1) is 0 Å². The normalized spacial score (nSPS) is 17.5. The lowest BCUT2D eigenvalue weighted by atomic mass is 9.88. The van der Waals surface area contributed by atoms with Gasteiger partial charge < -0.3 is 5.32 Å². The highest BCUT2D eigenvalue weighted by Crippen LogP contribution is 2.20. The van der Waals surface area contributed by atoms with Crippen LogP contribution in [-0.2, 0) is 10.8 Å². The molecule has 0 aromatic carbocycles. The average molecular weight is 205 g/mol. The molecule has 0 bridgehead atoms. The molecule has 0 rings (SSSR count). The van der Waals surface area contributed by atoms with Gasteiger partial charge in [0.15, 0.2) is 0 Å². The summed E-state index contributed by atoms with van der Waals surface area (Å²) in [5.74, 6) is 0.748. The summed E-state index contributed by atoms with van der Waals surface area (Å²) in [5.41, 5.74) is 0.180. The molecule has 0 spiro atoms. The van der Waals surface area contributed by atoms with E-state index in [1.807, 2.05) is 20.9 Å². The topological polar surface area (TPSA) is 29.1 Å². The summed E-state index contributed by atoms with van der Waals surface area (Å²) >= 11 is 0. The minimum absolute atomic E-state index is 0.180. The fourth-order valence-electron chi connectivity index (χ4n) is 1.12. The molecule has 13 heavy (non-hydrogen) atoms. The van der Waals surface area contributed by atoms with E-state index in [9.17, 15) is 4.21 Å². The van der Waals surface area contributed by atoms with E-state index in [0.29, 0.717) is 6.04 Å². The zero-order valence-corrected chi connectivity index (χ0v) is 10.5. The van der Waals surface area contributed by atoms with Crippen molar-refractivity contribution in [2.75, 3.05) is 12.8 Å². The van der Waals surface area contributed by atoms with E-state index in [-0.39, 0.29) is 10.7 Å². The molecule has 0 aliphatic carbocycles. The molecule has 0 amide bonds. The highest BCUT2D eigenvalue weighted by atomic mass is 32.2. The SMILES string of the molecule is CNC(CS(=O)C(C)C)C(C)(C)C. The second kappa shape index (κ2) is 5.11. The molecular formula is C10H23NOS. The molecule has 0 aromatic rings. The Kier molecular flexibility index (Phi) is 5.15. The summed E-state index contributed by atoms with van der Waals surface area (Å²) in [4.78, 5) is 0. The van der Waals surface area contributed by atoms with Gasteiger partial charge in [-0.25, -0.2) is 0 Å². The zero-order chi connectivity index (χ0) is 10.6. The first-order valence-electron chi connectivity index (χ1n) is 4.83. The number of rotatable bonds is 4. The van der Waals surface area contributed by atoms with Gasteiger partial charge >= 0.3 is 0 Å². The molecule has 0 aliphatic heterocycles. The molecule has 0 heterocycles. The second-order valence-corrected chi connectivity index (χ2v) is 6.84. The van der Waals surface area contributed by atoms with Gasteiger partial charge in [-0.15, -0.1) is 0 Å². The van der Waals surface area contributed by atoms with E-state index >= 15 is 0 Å². The fraction of sp³-hybridized carbons (Fsp3) is 1.00. The molecule has 0 aliphatic rings. The molecule has 0 radical (unpaired) electrons. The first kappa shape index (κ1) is 13.1. The van der Waals surface area contributed by atoms with Crippen LogP contribution >= 0.6 is 0 Å². The number of hydrogen-bond acceptors (Lipinski definition) is 2. The Morgan fingerprint density at radius 1 is 1.31 bits per heavy atom. The van der Waals surface area contributed by atoms with Crippen molar-refractivity contribution in [3.63, 3.8) is 0 Å². The lowest BCUT2D eigenvalue weighted by Crippen LogP contribution is -2.43. The van der Waals surface area contributed by atoms with E-state index < -0.39 is 10.8 Å². The lowest BCUT2D eigenvalue weighted by molar-refractivity contribution is 0.304. The Labute approximate surface area is 84.9 Å². The summed E-state index contributed by atoms with van der Waals surface area (Å²) in [5, 5.41) is 3.50. The van der Waals surface area contributed by atoms with Gasteiger partial charge in [0.2, 0.25) is 0 Å². The number of hydrogen-bond donors (Lipinski definition) is 1. The third-order valence-corrected chi connectivity index (χ3v) is 3.96. The van der Waals surface area contributed by atoms with Crippen LogP contribution in [-0.4, -0.2) is 28.3 Å². The Bertz CT molecular complexity index is 172. The van der Waals surface area contributed by atoms with Gasteiger partial charge in [0.1, 0.15) is 0 Å². The van der Waals surface area contributed by atoms with Crippen LogP contribution in [0, 0.1) is 5.41 Å². The summed E-state index contributed by atoms with van der Waals surface area (Å²) < 4.78 is 11.6. The predicted molar refractivity (Wildman–Crippen MR) is 60.4 cm³/mol. The van der Waals surface area contributed by atoms with E-state index in [1.165, 1.54) is 0 Å². The van der Waals surface area contributed by atoms with Gasteiger partial charge in [-0.1, -0.05) is 34.6 Å². The molecule has 0 fully saturated rings. The Balaban J connectivity index is 4.22. The summed E-state index contributed by atoms with van der Waals surface area (Å²) in [6, 6.07) is 0.329. The van der Waals surface area contributed by atoms with Crippen molar-refractivity contribution < 1.29 is 4.21 Å². The van der Waals surface area contributed by atoms with Gasteiger partial charge in [0, 0.05) is 27.8 Å². The molecular weight excluding hydrogens is 182 g/mol. The Morgan fingerprint density at radius 2 is 1.77 bits per heavy atom. The Hall–Kier alpha value is 0.110. The van der Waals surface area contributed by atoms with Crippen LogP contribution < -0.4 is 5.32 Å². The molecule has 3 heteroatoms. The maximum atomic E-state index is 11.6. The molecule has 0 aromatic heterocycles. The summed E-state index contributed by atoms with van der Waals surface area (Å²) in [7, 11) is 1.23. The highest BCUT2D eigenvalue weighted by Gasteiger charge is 2.25. The van der Waals surface area contributed by atoms with Crippen LogP contribution in [0.2, 0.25) is 0 Å². The van der Waals surface area contributed by atoms with Crippen LogP contribution in [0.25, 0.3) is 0 Å². The van der Waals surface area contributed by atoms with Crippen molar-refractivity contribution in [3.05, 3.63) is 0 Å². The summed E-state index contributed by atoms with van der Waals surface area (Å²) in [6.45, 7) is 10.5. The van der Waals surface area contributed by atoms with Crippen molar-refractivity contribution in [1.29, 1.82) is 0 Å². The third kappa shape index (κ3) is 4.77. The van der Waals surface area contributed by atoms with E-state index in [0.717, 1.165) is 5.75 Å². The van der Waals surface area contributed by atoms with Crippen LogP contribution in [0.4, 0.5) is 0 Å². The van der Waals surface area contributed by atoms with Crippen LogP contribution in [0.3, 0.4) is 0 Å². The molecule has 0 saturated carbocycles. The number of nitrogens with one attached hydrogen (secondary N) is 1. The molecule has 0 saturated heterocycles. The smallest absolute Gasteiger partial charge is 0.0396 e. The first-order valence-corrected chi connectivity index (χ1v) is 6.21. The second-order valence-electron chi connectivity index (χ2n) is 4.80. The standard InChI is InChI=1S/C10H23NOS/c1-8(2)13(12)7-9(11-6)10(3,4)5/h8-9,11H,7H2,1-6H3. The van der Waals surface area contributed by atoms with Crippen molar-refractivity contribution >= 4 is 10.8 Å². The van der Waals surface area contributed by atoms with Crippen molar-refractivity contribution in [2.24, 2.45) is 5.41 Å². The van der Waals surface area contributed by atoms with Gasteiger partial charge in [-0.2, -0.15) is 0 Å². The van der Waals surface area contributed by atoms with Crippen molar-refractivity contribution in [3.8, 4) is 0 Å². The van der Waals surface area contributed by atoms with E-state index in [2.05, 4.69) is 26.1 Å². The van der Waals surface area contributed by atoms with E-state index in [4.69, 9.17) is 0 Å². The molecule has 2 atom stereocenters. The minimum atomic E-state index is -0.711. The first-order chi connectivity index (χ1) is 5.79. The van der Waals surface area contributed by atoms with Crippen LogP contribution in [0.15, 0.2) is 0 Å². The average Bonchev–Trinajstić information content (AvgIpc) is 1.96. The van der Waals surface area contributed by atoms with Crippen LogP contribution in [0.1, 0.15) is 34.6 Å². The van der Waals surface area contributed by atoms with Gasteiger partial charge in [-0.3, -0.25) is 4.21 Å². The molecule has 2 unspecified atom stereocenters. The monoisotopic (exact) mass is 205 g/mol. The van der Waals surface area contributed by atoms with Crippen molar-refractivity contribution in [2.45, 2.75) is 45.9 Å². The van der Waals surface area contributed by atoms with E-state index in [1.54, 1.807) is 0 Å². The highest BCUT2D eigenvalue weighted by molar-refractivity contribution is 7.85. The van der Waals surface area contributed by atoms with Crippen molar-refractivity contribution in [1.82, 2.24) is 5.32 Å². The van der Waals surface area contributed by atoms with Crippen LogP contribution in [0.5, 0.6) is 0 Å². The Morgan fingerprint density at radius 3 is 2.00 bits per heavy atom. The zero-order valence-electron chi connectivity index (χ0n) is 9.68. The quantitative estimate of drug-likeness (QED) is 0.758. The molecule has 80 valence electrons. The lowest BCUT2D eigenvalue weighted by Gasteiger charge is -2.30. The molecule has 2 nitrogen and oxygen atoms in total. The third-order valence-electron chi connectivity index (χ3n) is 2.25. The largest absolute Gasteiger partial charge is 0.316 e. The summed E-state index contributed by atoms with van der Waals surface area (Å²) in [6.07, 6.45) is 0. The maximum Gasteiger partial charge on any atom is 0.0396 e. The van der Waals surface area contributed by atoms with Gasteiger partial charge in [-0.05, 0) is 12.5 Å². The predicted octanol–water partition coefficient (Wildman–Crippen LogP) is 1.78. The minimum Gasteiger partial charge on any atom is -0.316 e. The van der Waals surface area contributed by atoms with Gasteiger partial charge in [0.25, 0.3) is 0 Å².